The fraction of sp³-hybridized carbons (Fsp3) is 0.300. The number of anilines is 3. The van der Waals surface area contributed by atoms with Gasteiger partial charge < -0.3 is 45.1 Å². The summed E-state index contributed by atoms with van der Waals surface area (Å²) in [4.78, 5) is 42.4. The molecule has 1 heterocycles. The van der Waals surface area contributed by atoms with E-state index < -0.39 is 29.9 Å². The van der Waals surface area contributed by atoms with Gasteiger partial charge in [0, 0.05) is 30.2 Å². The van der Waals surface area contributed by atoms with E-state index in [4.69, 9.17) is 18.9 Å². The zero-order chi connectivity index (χ0) is 30.1. The highest BCUT2D eigenvalue weighted by molar-refractivity contribution is 6.12. The van der Waals surface area contributed by atoms with Gasteiger partial charge in [0.15, 0.2) is 6.29 Å². The standard InChI is InChI=1S/C30H35N5O7/c1-5-41-26(42-6-2)19-35-25-10-8-7-9-24(25)30(27(35)36,33-28(37)31-20-11-15-22(39-3)16-12-20)34-29(38)32-21-13-17-23(40-4)18-14-21/h7-18,26H,5-6,19H2,1-4H3,(H2,31,33,37)(H2,32,34,38). The van der Waals surface area contributed by atoms with E-state index in [9.17, 15) is 14.4 Å². The lowest BCUT2D eigenvalue weighted by Crippen LogP contribution is -2.65. The fourth-order valence-electron chi connectivity index (χ4n) is 4.60. The van der Waals surface area contributed by atoms with E-state index in [1.54, 1.807) is 72.8 Å². The summed E-state index contributed by atoms with van der Waals surface area (Å²) in [5.74, 6) is 0.633. The molecule has 12 nitrogen and oxygen atoms in total. The number of carbonyl (C=O) groups excluding carboxylic acids is 3. The van der Waals surface area contributed by atoms with Crippen LogP contribution in [0.1, 0.15) is 19.4 Å². The second-order valence-corrected chi connectivity index (χ2v) is 9.14. The molecule has 0 saturated carbocycles. The number of nitrogens with one attached hydrogen (secondary N) is 4. The lowest BCUT2D eigenvalue weighted by Gasteiger charge is -2.31. The van der Waals surface area contributed by atoms with Crippen LogP contribution in [0.25, 0.3) is 0 Å². The monoisotopic (exact) mass is 577 g/mol. The average Bonchev–Trinajstić information content (AvgIpc) is 3.20. The van der Waals surface area contributed by atoms with Crippen LogP contribution in [0, 0.1) is 0 Å². The molecule has 0 unspecified atom stereocenters. The minimum Gasteiger partial charge on any atom is -0.497 e. The molecular weight excluding hydrogens is 542 g/mol. The Morgan fingerprint density at radius 3 is 1.69 bits per heavy atom. The van der Waals surface area contributed by atoms with Gasteiger partial charge in [0.1, 0.15) is 11.5 Å². The number of amides is 5. The summed E-state index contributed by atoms with van der Waals surface area (Å²) in [5, 5.41) is 10.9. The largest absolute Gasteiger partial charge is 0.497 e. The zero-order valence-corrected chi connectivity index (χ0v) is 23.9. The number of ether oxygens (including phenoxy) is 4. The number of fused-ring (bicyclic) bond motifs is 1. The Labute approximate surface area is 244 Å². The number of methoxy groups -OCH3 is 2. The minimum absolute atomic E-state index is 0.0306. The first-order valence-electron chi connectivity index (χ1n) is 13.4. The predicted octanol–water partition coefficient (Wildman–Crippen LogP) is 4.25. The molecule has 4 rings (SSSR count). The first kappa shape index (κ1) is 30.2. The third-order valence-corrected chi connectivity index (χ3v) is 6.50. The van der Waals surface area contributed by atoms with Gasteiger partial charge in [-0.1, -0.05) is 18.2 Å². The molecule has 0 bridgehead atoms. The number of hydrogen-bond donors (Lipinski definition) is 4. The summed E-state index contributed by atoms with van der Waals surface area (Å²) >= 11 is 0. The van der Waals surface area contributed by atoms with Crippen LogP contribution in [0.2, 0.25) is 0 Å². The number of para-hydroxylation sites is 1. The van der Waals surface area contributed by atoms with Crippen molar-refractivity contribution in [3.8, 4) is 11.5 Å². The molecule has 0 atom stereocenters. The van der Waals surface area contributed by atoms with Crippen LogP contribution >= 0.6 is 0 Å². The molecule has 0 aromatic heterocycles. The maximum Gasteiger partial charge on any atom is 0.321 e. The lowest BCUT2D eigenvalue weighted by molar-refractivity contribution is -0.137. The van der Waals surface area contributed by atoms with E-state index in [2.05, 4.69) is 21.3 Å². The third kappa shape index (κ3) is 6.73. The van der Waals surface area contributed by atoms with Gasteiger partial charge in [0.2, 0.25) is 5.66 Å². The van der Waals surface area contributed by atoms with Gasteiger partial charge in [-0.05, 0) is 68.4 Å². The van der Waals surface area contributed by atoms with Crippen molar-refractivity contribution in [2.45, 2.75) is 25.8 Å². The molecule has 3 aromatic carbocycles. The van der Waals surface area contributed by atoms with Crippen molar-refractivity contribution in [3.05, 3.63) is 78.4 Å². The maximum atomic E-state index is 14.3. The quantitative estimate of drug-likeness (QED) is 0.236. The molecule has 1 aliphatic heterocycles. The number of hydrogen-bond acceptors (Lipinski definition) is 7. The molecule has 12 heteroatoms. The summed E-state index contributed by atoms with van der Waals surface area (Å²) in [5.41, 5.74) is -0.200. The van der Waals surface area contributed by atoms with Crippen LogP contribution in [0.4, 0.5) is 26.7 Å². The molecule has 0 radical (unpaired) electrons. The molecule has 0 aliphatic carbocycles. The van der Waals surface area contributed by atoms with Gasteiger partial charge in [-0.25, -0.2) is 9.59 Å². The van der Waals surface area contributed by atoms with Gasteiger partial charge >= 0.3 is 12.1 Å². The summed E-state index contributed by atoms with van der Waals surface area (Å²) in [6, 6.07) is 18.8. The first-order chi connectivity index (χ1) is 20.3. The highest BCUT2D eigenvalue weighted by atomic mass is 16.7. The van der Waals surface area contributed by atoms with Crippen LogP contribution < -0.4 is 35.6 Å². The SMILES string of the molecule is CCOC(CN1C(=O)C(NC(=O)Nc2ccc(OC)cc2)(NC(=O)Nc2ccc(OC)cc2)c2ccccc21)OCC. The summed E-state index contributed by atoms with van der Waals surface area (Å²) in [6.45, 7) is 4.41. The number of urea groups is 2. The fourth-order valence-corrected chi connectivity index (χ4v) is 4.60. The second kappa shape index (κ2) is 13.7. The molecular formula is C30H35N5O7. The van der Waals surface area contributed by atoms with Gasteiger partial charge in [-0.15, -0.1) is 0 Å². The molecule has 42 heavy (non-hydrogen) atoms. The number of nitrogens with zero attached hydrogens (tertiary/aromatic N) is 1. The normalized spacial score (nSPS) is 13.4. The predicted molar refractivity (Wildman–Crippen MR) is 158 cm³/mol. The average molecular weight is 578 g/mol. The minimum atomic E-state index is -1.97. The van der Waals surface area contributed by atoms with Crippen molar-refractivity contribution in [1.29, 1.82) is 0 Å². The van der Waals surface area contributed by atoms with Gasteiger partial charge in [0.25, 0.3) is 5.91 Å². The van der Waals surface area contributed by atoms with Crippen molar-refractivity contribution >= 4 is 35.0 Å². The van der Waals surface area contributed by atoms with Crippen molar-refractivity contribution in [1.82, 2.24) is 10.6 Å². The molecule has 0 saturated heterocycles. The Morgan fingerprint density at radius 1 is 0.762 bits per heavy atom. The van der Waals surface area contributed by atoms with Gasteiger partial charge in [0.05, 0.1) is 26.5 Å². The molecule has 0 spiro atoms. The molecule has 0 fully saturated rings. The Hall–Kier alpha value is -4.81. The zero-order valence-electron chi connectivity index (χ0n) is 23.9. The van der Waals surface area contributed by atoms with Crippen molar-refractivity contribution in [2.24, 2.45) is 0 Å². The highest BCUT2D eigenvalue weighted by Gasteiger charge is 2.54. The lowest BCUT2D eigenvalue weighted by atomic mass is 10.0. The van der Waals surface area contributed by atoms with E-state index in [1.807, 2.05) is 13.8 Å². The Bertz CT molecular complexity index is 1310. The van der Waals surface area contributed by atoms with Crippen LogP contribution in [-0.2, 0) is 19.9 Å². The molecule has 3 aromatic rings. The molecule has 5 amide bonds. The second-order valence-electron chi connectivity index (χ2n) is 9.14. The number of carbonyl (C=O) groups is 3. The van der Waals surface area contributed by atoms with E-state index in [-0.39, 0.29) is 6.54 Å². The Kier molecular flexibility index (Phi) is 9.84. The van der Waals surface area contributed by atoms with Crippen molar-refractivity contribution in [3.63, 3.8) is 0 Å². The van der Waals surface area contributed by atoms with E-state index in [1.165, 1.54) is 19.1 Å². The smallest absolute Gasteiger partial charge is 0.321 e. The van der Waals surface area contributed by atoms with E-state index in [0.717, 1.165) is 0 Å². The Morgan fingerprint density at radius 2 is 1.24 bits per heavy atom. The molecule has 1 aliphatic rings. The van der Waals surface area contributed by atoms with Gasteiger partial charge in [-0.2, -0.15) is 0 Å². The van der Waals surface area contributed by atoms with E-state index >= 15 is 0 Å². The Balaban J connectivity index is 1.67. The topological polar surface area (TPSA) is 139 Å². The van der Waals surface area contributed by atoms with Crippen molar-refractivity contribution in [2.75, 3.05) is 49.5 Å². The summed E-state index contributed by atoms with van der Waals surface area (Å²) in [6.07, 6.45) is -0.728. The third-order valence-electron chi connectivity index (χ3n) is 6.50. The van der Waals surface area contributed by atoms with Crippen LogP contribution in [0.5, 0.6) is 11.5 Å². The number of benzene rings is 3. The first-order valence-corrected chi connectivity index (χ1v) is 13.4. The highest BCUT2D eigenvalue weighted by Crippen LogP contribution is 2.39. The van der Waals surface area contributed by atoms with Gasteiger partial charge in [-0.3, -0.25) is 4.79 Å². The van der Waals surface area contributed by atoms with Crippen LogP contribution in [-0.4, -0.2) is 58.2 Å². The summed E-state index contributed by atoms with van der Waals surface area (Å²) < 4.78 is 21.7. The molecule has 4 N–H and O–H groups in total. The van der Waals surface area contributed by atoms with Crippen LogP contribution in [0.15, 0.2) is 72.8 Å². The summed E-state index contributed by atoms with van der Waals surface area (Å²) in [7, 11) is 3.08. The molecule has 222 valence electrons. The number of rotatable bonds is 12. The van der Waals surface area contributed by atoms with Crippen molar-refractivity contribution < 1.29 is 33.3 Å². The van der Waals surface area contributed by atoms with Crippen LogP contribution in [0.3, 0.4) is 0 Å². The maximum absolute atomic E-state index is 14.3. The van der Waals surface area contributed by atoms with E-state index in [0.29, 0.717) is 47.3 Å².